The lowest BCUT2D eigenvalue weighted by atomic mass is 9.74. The lowest BCUT2D eigenvalue weighted by molar-refractivity contribution is -0.147. The molecule has 57 heavy (non-hydrogen) atoms. The minimum atomic E-state index is -2.58. The number of rotatable bonds is 19. The molecule has 310 valence electrons. The predicted octanol–water partition coefficient (Wildman–Crippen LogP) is 6.61. The molecule has 1 amide bonds. The second-order valence-corrected chi connectivity index (χ2v) is 18.4. The molecular formula is C43H56ClN4O8S-. The Morgan fingerprint density at radius 2 is 1.74 bits per heavy atom. The molecule has 2 heterocycles. The summed E-state index contributed by atoms with van der Waals surface area (Å²) in [6, 6.07) is 7.57. The maximum atomic E-state index is 14.9. The summed E-state index contributed by atoms with van der Waals surface area (Å²) in [6.45, 7) is 7.55. The van der Waals surface area contributed by atoms with Gasteiger partial charge in [-0.15, -0.1) is 0 Å². The van der Waals surface area contributed by atoms with Crippen molar-refractivity contribution in [1.29, 1.82) is 0 Å². The quantitative estimate of drug-likeness (QED) is 0.0699. The minimum Gasteiger partial charge on any atom is -0.768 e. The second-order valence-electron chi connectivity index (χ2n) is 17.1. The van der Waals surface area contributed by atoms with Crippen LogP contribution >= 0.6 is 11.6 Å². The molecule has 0 spiro atoms. The SMILES string of the molecule is CCCC(CC(=O)[C@@H]1C[C@@H](Oc2ccc(Cl)cn2)CN1C(=O)[C@@H](CC(=O)[C@@H](N=C(N)c1ccccc1S(=O)[O-])C1CCCCC1)C(C)(C)C)C(=O)C(=O)CC1CC1. The Balaban J connectivity index is 1.44. The van der Waals surface area contributed by atoms with Gasteiger partial charge < -0.3 is 19.9 Å². The van der Waals surface area contributed by atoms with Crippen LogP contribution in [0.1, 0.15) is 117 Å². The van der Waals surface area contributed by atoms with Crippen LogP contribution in [0.25, 0.3) is 0 Å². The Hall–Kier alpha value is -3.81. The number of benzene rings is 1. The van der Waals surface area contributed by atoms with Gasteiger partial charge in [-0.1, -0.05) is 83.2 Å². The zero-order valence-electron chi connectivity index (χ0n) is 33.5. The molecule has 2 unspecified atom stereocenters. The topological polar surface area (TPSA) is 189 Å². The highest BCUT2D eigenvalue weighted by molar-refractivity contribution is 7.79. The minimum absolute atomic E-state index is 0.0261. The van der Waals surface area contributed by atoms with E-state index in [2.05, 4.69) is 4.98 Å². The average molecular weight is 824 g/mol. The summed E-state index contributed by atoms with van der Waals surface area (Å²) in [5.41, 5.74) is 5.92. The van der Waals surface area contributed by atoms with Crippen molar-refractivity contribution in [2.45, 2.75) is 134 Å². The van der Waals surface area contributed by atoms with Gasteiger partial charge >= 0.3 is 0 Å². The van der Waals surface area contributed by atoms with E-state index in [1.807, 2.05) is 27.7 Å². The lowest BCUT2D eigenvalue weighted by Crippen LogP contribution is -2.48. The highest BCUT2D eigenvalue weighted by Gasteiger charge is 2.47. The number of hydrogen-bond acceptors (Lipinski definition) is 10. The summed E-state index contributed by atoms with van der Waals surface area (Å²) in [6.07, 6.45) is 7.90. The van der Waals surface area contributed by atoms with Gasteiger partial charge in [0.1, 0.15) is 18.0 Å². The number of ether oxygens (including phenoxy) is 1. The average Bonchev–Trinajstić information content (AvgIpc) is 3.90. The Labute approximate surface area is 343 Å². The molecule has 0 bridgehead atoms. The molecule has 2 saturated carbocycles. The maximum absolute atomic E-state index is 14.9. The third kappa shape index (κ3) is 11.9. The van der Waals surface area contributed by atoms with Gasteiger partial charge in [-0.2, -0.15) is 0 Å². The first-order valence-electron chi connectivity index (χ1n) is 20.3. The summed E-state index contributed by atoms with van der Waals surface area (Å²) < 4.78 is 30.2. The van der Waals surface area contributed by atoms with Crippen LogP contribution in [0, 0.1) is 29.1 Å². The second kappa shape index (κ2) is 19.8. The molecule has 2 aromatic rings. The van der Waals surface area contributed by atoms with Crippen LogP contribution in [-0.2, 0) is 35.1 Å². The van der Waals surface area contributed by atoms with Crippen LogP contribution in [0.2, 0.25) is 5.02 Å². The van der Waals surface area contributed by atoms with Crippen molar-refractivity contribution in [3.63, 3.8) is 0 Å². The molecule has 2 aliphatic carbocycles. The van der Waals surface area contributed by atoms with Crippen LogP contribution < -0.4 is 10.5 Å². The molecular weight excluding hydrogens is 768 g/mol. The summed E-state index contributed by atoms with van der Waals surface area (Å²) in [4.78, 5) is 80.4. The highest BCUT2D eigenvalue weighted by Crippen LogP contribution is 2.38. The number of nitrogens with two attached hydrogens (primary N) is 1. The molecule has 0 radical (unpaired) electrons. The maximum Gasteiger partial charge on any atom is 0.227 e. The number of nitrogens with zero attached hydrogens (tertiary/aromatic N) is 3. The van der Waals surface area contributed by atoms with Crippen molar-refractivity contribution < 1.29 is 37.5 Å². The Bertz CT molecular complexity index is 1840. The molecule has 1 aliphatic heterocycles. The van der Waals surface area contributed by atoms with Crippen LogP contribution in [0.5, 0.6) is 5.88 Å². The van der Waals surface area contributed by atoms with E-state index in [4.69, 9.17) is 27.1 Å². The lowest BCUT2D eigenvalue weighted by Gasteiger charge is -2.36. The number of hydrogen-bond donors (Lipinski definition) is 1. The number of pyridine rings is 1. The largest absolute Gasteiger partial charge is 0.768 e. The molecule has 1 aromatic carbocycles. The molecule has 2 N–H and O–H groups in total. The Kier molecular flexibility index (Phi) is 15.4. The summed E-state index contributed by atoms with van der Waals surface area (Å²) in [7, 11) is 0. The van der Waals surface area contributed by atoms with Gasteiger partial charge in [0.05, 0.1) is 17.6 Å². The van der Waals surface area contributed by atoms with Gasteiger partial charge in [-0.05, 0) is 72.6 Å². The zero-order valence-corrected chi connectivity index (χ0v) is 35.0. The van der Waals surface area contributed by atoms with Crippen molar-refractivity contribution in [3.8, 4) is 5.88 Å². The van der Waals surface area contributed by atoms with E-state index in [0.29, 0.717) is 17.9 Å². The van der Waals surface area contributed by atoms with Gasteiger partial charge in [0.15, 0.2) is 17.3 Å². The van der Waals surface area contributed by atoms with Crippen LogP contribution in [0.4, 0.5) is 0 Å². The number of carbonyl (C=O) groups is 5. The Morgan fingerprint density at radius 1 is 1.04 bits per heavy atom. The number of amidine groups is 1. The third-order valence-corrected chi connectivity index (χ3v) is 12.5. The van der Waals surface area contributed by atoms with E-state index < -0.39 is 64.0 Å². The number of ketones is 4. The van der Waals surface area contributed by atoms with E-state index in [0.717, 1.165) is 44.9 Å². The summed E-state index contributed by atoms with van der Waals surface area (Å²) in [5.74, 6) is -3.37. The Morgan fingerprint density at radius 3 is 2.35 bits per heavy atom. The molecule has 1 aromatic heterocycles. The van der Waals surface area contributed by atoms with E-state index >= 15 is 0 Å². The van der Waals surface area contributed by atoms with E-state index in [1.54, 1.807) is 30.3 Å². The number of likely N-dealkylation sites (tertiary alicyclic amines) is 1. The monoisotopic (exact) mass is 823 g/mol. The van der Waals surface area contributed by atoms with Crippen LogP contribution in [0.3, 0.4) is 0 Å². The normalized spacial score (nSPS) is 21.4. The first-order valence-corrected chi connectivity index (χ1v) is 21.8. The van der Waals surface area contributed by atoms with E-state index in [9.17, 15) is 32.7 Å². The molecule has 3 aliphatic rings. The van der Waals surface area contributed by atoms with Gasteiger partial charge in [0, 0.05) is 60.2 Å². The fourth-order valence-electron chi connectivity index (χ4n) is 8.22. The fraction of sp³-hybridized carbons (Fsp3) is 0.605. The fourth-order valence-corrected chi connectivity index (χ4v) is 8.87. The van der Waals surface area contributed by atoms with Crippen molar-refractivity contribution in [1.82, 2.24) is 9.88 Å². The molecule has 5 rings (SSSR count). The molecule has 3 fully saturated rings. The van der Waals surface area contributed by atoms with Gasteiger partial charge in [-0.3, -0.25) is 33.2 Å². The molecule has 6 atom stereocenters. The number of amides is 1. The number of Topliss-reactive ketones (excluding diaryl/α,β-unsaturated/α-hetero) is 4. The van der Waals surface area contributed by atoms with Gasteiger partial charge in [-0.25, -0.2) is 4.98 Å². The van der Waals surface area contributed by atoms with Gasteiger partial charge in [0.2, 0.25) is 17.6 Å². The first kappa shape index (κ1) is 44.3. The molecule has 1 saturated heterocycles. The smallest absolute Gasteiger partial charge is 0.227 e. The number of halogens is 1. The third-order valence-electron chi connectivity index (χ3n) is 11.6. The number of carbonyl (C=O) groups excluding carboxylic acids is 5. The van der Waals surface area contributed by atoms with E-state index in [-0.39, 0.29) is 77.8 Å². The van der Waals surface area contributed by atoms with Crippen molar-refractivity contribution in [2.75, 3.05) is 6.54 Å². The standard InChI is InChI=1S/C43H57ClN4O8S/c1-5-11-28(40(52)36(51)20-26-16-17-26)21-34(49)33-22-30(56-38-19-18-29(44)24-46-38)25-48(33)42(53)32(43(2,3)4)23-35(50)39(27-12-7-6-8-13-27)47-41(45)31-14-9-10-15-37(31)57(54)55/h9-10,14-15,18-19,24,26-28,30,32-33,39H,5-8,11-13,16-17,20-23,25H2,1-4H3,(H2,45,47)(H,54,55)/p-1/t28?,30-,32-,33+,39+/m1/s1. The van der Waals surface area contributed by atoms with Crippen LogP contribution in [0.15, 0.2) is 52.5 Å². The molecule has 12 nitrogen and oxygen atoms in total. The summed E-state index contributed by atoms with van der Waals surface area (Å²) in [5, 5.41) is 0.418. The van der Waals surface area contributed by atoms with E-state index in [1.165, 1.54) is 17.2 Å². The first-order chi connectivity index (χ1) is 27.1. The highest BCUT2D eigenvalue weighted by atomic mass is 35.5. The van der Waals surface area contributed by atoms with Crippen molar-refractivity contribution in [3.05, 3.63) is 53.2 Å². The van der Waals surface area contributed by atoms with Crippen molar-refractivity contribution >= 4 is 57.6 Å². The molecule has 14 heteroatoms. The predicted molar refractivity (Wildman–Crippen MR) is 216 cm³/mol. The number of aliphatic imine (C=N–C) groups is 1. The van der Waals surface area contributed by atoms with Gasteiger partial charge in [0.25, 0.3) is 0 Å². The van der Waals surface area contributed by atoms with Crippen molar-refractivity contribution in [2.24, 2.45) is 39.8 Å². The zero-order chi connectivity index (χ0) is 41.4. The van der Waals surface area contributed by atoms with Crippen LogP contribution in [-0.4, -0.2) is 78.3 Å². The number of aromatic nitrogens is 1. The summed E-state index contributed by atoms with van der Waals surface area (Å²) >= 11 is 3.46.